The van der Waals surface area contributed by atoms with E-state index in [4.69, 9.17) is 4.74 Å². The van der Waals surface area contributed by atoms with Gasteiger partial charge in [0.15, 0.2) is 0 Å². The number of aromatic nitrogens is 5. The van der Waals surface area contributed by atoms with E-state index < -0.39 is 11.6 Å². The number of rotatable bonds is 3. The normalized spacial score (nSPS) is 17.9. The number of halogens is 2. The molecule has 0 N–H and O–H groups in total. The molecule has 7 nitrogen and oxygen atoms in total. The van der Waals surface area contributed by atoms with Gasteiger partial charge in [-0.25, -0.2) is 13.5 Å². The zero-order valence-corrected chi connectivity index (χ0v) is 18.8. The van der Waals surface area contributed by atoms with Gasteiger partial charge in [0.25, 0.3) is 5.56 Å². The van der Waals surface area contributed by atoms with Gasteiger partial charge in [-0.15, -0.1) is 0 Å². The Labute approximate surface area is 195 Å². The summed E-state index contributed by atoms with van der Waals surface area (Å²) in [6.07, 6.45) is 13.6. The average molecular weight is 466 g/mol. The third-order valence-corrected chi connectivity index (χ3v) is 6.15. The van der Waals surface area contributed by atoms with Crippen molar-refractivity contribution in [2.45, 2.75) is 44.2 Å². The smallest absolute Gasteiger partial charge is 0.274 e. The summed E-state index contributed by atoms with van der Waals surface area (Å²) >= 11 is 0. The summed E-state index contributed by atoms with van der Waals surface area (Å²) in [5.41, 5.74) is 1.38. The second-order valence-electron chi connectivity index (χ2n) is 8.66. The summed E-state index contributed by atoms with van der Waals surface area (Å²) < 4.78 is 35.8. The van der Waals surface area contributed by atoms with Crippen LogP contribution in [0.2, 0.25) is 0 Å². The van der Waals surface area contributed by atoms with E-state index in [-0.39, 0.29) is 16.8 Å². The molecule has 0 radical (unpaired) electrons. The van der Waals surface area contributed by atoms with Gasteiger partial charge in [-0.2, -0.15) is 10.2 Å². The largest absolute Gasteiger partial charge is 0.373 e. The fourth-order valence-electron chi connectivity index (χ4n) is 4.12. The Morgan fingerprint density at radius 1 is 1.03 bits per heavy atom. The fourth-order valence-corrected chi connectivity index (χ4v) is 4.12. The number of pyridine rings is 1. The molecule has 176 valence electrons. The van der Waals surface area contributed by atoms with Gasteiger partial charge in [-0.1, -0.05) is 0 Å². The van der Waals surface area contributed by atoms with Gasteiger partial charge in [0, 0.05) is 48.6 Å². The molecule has 9 heteroatoms. The molecule has 0 amide bonds. The summed E-state index contributed by atoms with van der Waals surface area (Å²) in [6, 6.07) is 5.46. The number of fused-ring (bicyclic) bond motifs is 1. The van der Waals surface area contributed by atoms with Gasteiger partial charge < -0.3 is 4.74 Å². The molecule has 0 bridgehead atoms. The SMILES string of the molecule is Cn1ncc2c(-c3ccc(F)cc3F)nccc2c1=O.c1nn(C2CC2)cc1[C@H]1CCCCO1. The molecule has 34 heavy (non-hydrogen) atoms. The molecular formula is C25H25F2N5O2. The Bertz CT molecular complexity index is 1370. The van der Waals surface area contributed by atoms with Gasteiger partial charge in [0.2, 0.25) is 0 Å². The molecule has 1 saturated heterocycles. The minimum Gasteiger partial charge on any atom is -0.373 e. The minimum absolute atomic E-state index is 0.132. The molecule has 1 atom stereocenters. The Kier molecular flexibility index (Phi) is 6.19. The third-order valence-electron chi connectivity index (χ3n) is 6.15. The van der Waals surface area contributed by atoms with Crippen LogP contribution in [-0.4, -0.2) is 31.2 Å². The zero-order chi connectivity index (χ0) is 23.7. The predicted molar refractivity (Wildman–Crippen MR) is 123 cm³/mol. The Morgan fingerprint density at radius 3 is 2.62 bits per heavy atom. The molecule has 4 heterocycles. The molecule has 6 rings (SSSR count). The molecule has 2 aliphatic rings. The van der Waals surface area contributed by atoms with Gasteiger partial charge in [-0.05, 0) is 50.3 Å². The Balaban J connectivity index is 0.000000150. The van der Waals surface area contributed by atoms with Gasteiger partial charge in [-0.3, -0.25) is 14.5 Å². The third kappa shape index (κ3) is 4.61. The van der Waals surface area contributed by atoms with Crippen LogP contribution in [0.1, 0.15) is 49.8 Å². The van der Waals surface area contributed by atoms with Crippen LogP contribution in [0.5, 0.6) is 0 Å². The molecule has 4 aromatic rings. The lowest BCUT2D eigenvalue weighted by atomic mass is 10.0. The number of aryl methyl sites for hydroxylation is 1. The van der Waals surface area contributed by atoms with E-state index in [1.807, 2.05) is 6.20 Å². The second kappa shape index (κ2) is 9.42. The molecule has 1 aliphatic heterocycles. The van der Waals surface area contributed by atoms with Crippen LogP contribution in [0.4, 0.5) is 8.78 Å². The summed E-state index contributed by atoms with van der Waals surface area (Å²) in [5.74, 6) is -1.40. The lowest BCUT2D eigenvalue weighted by Gasteiger charge is -2.21. The van der Waals surface area contributed by atoms with Crippen molar-refractivity contribution in [3.63, 3.8) is 0 Å². The van der Waals surface area contributed by atoms with E-state index in [2.05, 4.69) is 26.1 Å². The summed E-state index contributed by atoms with van der Waals surface area (Å²) in [4.78, 5) is 16.1. The summed E-state index contributed by atoms with van der Waals surface area (Å²) in [7, 11) is 1.53. The van der Waals surface area contributed by atoms with E-state index in [9.17, 15) is 13.6 Å². The lowest BCUT2D eigenvalue weighted by molar-refractivity contribution is 0.0149. The summed E-state index contributed by atoms with van der Waals surface area (Å²) in [6.45, 7) is 0.916. The molecule has 1 aromatic carbocycles. The Morgan fingerprint density at radius 2 is 1.88 bits per heavy atom. The first-order valence-electron chi connectivity index (χ1n) is 11.4. The quantitative estimate of drug-likeness (QED) is 0.437. The molecule has 1 aliphatic carbocycles. The van der Waals surface area contributed by atoms with Gasteiger partial charge in [0.1, 0.15) is 11.6 Å². The van der Waals surface area contributed by atoms with Crippen molar-refractivity contribution in [1.29, 1.82) is 0 Å². The van der Waals surface area contributed by atoms with Crippen LogP contribution in [0.25, 0.3) is 22.0 Å². The van der Waals surface area contributed by atoms with E-state index in [1.165, 1.54) is 61.4 Å². The lowest BCUT2D eigenvalue weighted by Crippen LogP contribution is -2.19. The van der Waals surface area contributed by atoms with Gasteiger partial charge >= 0.3 is 0 Å². The second-order valence-corrected chi connectivity index (χ2v) is 8.66. The highest BCUT2D eigenvalue weighted by Gasteiger charge is 2.26. The van der Waals surface area contributed by atoms with Crippen LogP contribution in [0, 0.1) is 11.6 Å². The number of benzene rings is 1. The highest BCUT2D eigenvalue weighted by molar-refractivity contribution is 5.93. The number of nitrogens with zero attached hydrogens (tertiary/aromatic N) is 5. The highest BCUT2D eigenvalue weighted by atomic mass is 19.1. The van der Waals surface area contributed by atoms with Crippen molar-refractivity contribution in [3.05, 3.63) is 76.6 Å². The van der Waals surface area contributed by atoms with Crippen molar-refractivity contribution < 1.29 is 13.5 Å². The monoisotopic (exact) mass is 465 g/mol. The van der Waals surface area contributed by atoms with Crippen LogP contribution in [0.3, 0.4) is 0 Å². The number of ether oxygens (including phenoxy) is 1. The molecule has 0 unspecified atom stereocenters. The topological polar surface area (TPSA) is 74.8 Å². The predicted octanol–water partition coefficient (Wildman–Crippen LogP) is 4.73. The van der Waals surface area contributed by atoms with Crippen molar-refractivity contribution in [1.82, 2.24) is 24.5 Å². The van der Waals surface area contributed by atoms with Crippen molar-refractivity contribution in [3.8, 4) is 11.3 Å². The molecular weight excluding hydrogens is 440 g/mol. The first-order valence-corrected chi connectivity index (χ1v) is 11.4. The number of hydrogen-bond acceptors (Lipinski definition) is 5. The van der Waals surface area contributed by atoms with Crippen molar-refractivity contribution in [2.75, 3.05) is 6.61 Å². The maximum Gasteiger partial charge on any atom is 0.274 e. The van der Waals surface area contributed by atoms with E-state index >= 15 is 0 Å². The molecule has 3 aromatic heterocycles. The van der Waals surface area contributed by atoms with E-state index in [1.54, 1.807) is 6.07 Å². The zero-order valence-electron chi connectivity index (χ0n) is 18.8. The first kappa shape index (κ1) is 22.3. The van der Waals surface area contributed by atoms with Gasteiger partial charge in [0.05, 0.1) is 35.6 Å². The van der Waals surface area contributed by atoms with E-state index in [0.717, 1.165) is 25.2 Å². The highest BCUT2D eigenvalue weighted by Crippen LogP contribution is 2.36. The van der Waals surface area contributed by atoms with Crippen LogP contribution >= 0.6 is 0 Å². The molecule has 2 fully saturated rings. The fraction of sp³-hybridized carbons (Fsp3) is 0.360. The molecule has 1 saturated carbocycles. The number of hydrogen-bond donors (Lipinski definition) is 0. The first-order chi connectivity index (χ1) is 16.5. The van der Waals surface area contributed by atoms with Crippen LogP contribution in [0.15, 0.2) is 53.8 Å². The molecule has 0 spiro atoms. The van der Waals surface area contributed by atoms with Crippen molar-refractivity contribution >= 4 is 10.8 Å². The van der Waals surface area contributed by atoms with Crippen molar-refractivity contribution in [2.24, 2.45) is 7.05 Å². The van der Waals surface area contributed by atoms with E-state index in [0.29, 0.717) is 22.9 Å². The van der Waals surface area contributed by atoms with Crippen LogP contribution in [-0.2, 0) is 11.8 Å². The minimum atomic E-state index is -0.731. The Hall–Kier alpha value is -3.46. The summed E-state index contributed by atoms with van der Waals surface area (Å²) in [5, 5.41) is 9.11. The van der Waals surface area contributed by atoms with Crippen LogP contribution < -0.4 is 5.56 Å². The maximum atomic E-state index is 13.9. The standard InChI is InChI=1S/C14H9F2N3O.C11H16N2O/c1-19-14(20)9-4-5-17-13(11(9)7-18-19)10-3-2-8(15)6-12(10)16;1-2-6-14-11(3-1)9-7-12-13(8-9)10-4-5-10/h2-7H,1H3;7-8,10-11H,1-6H2/t;11-/m.1/s1. The average Bonchev–Trinajstić information content (AvgIpc) is 3.59. The maximum absolute atomic E-state index is 13.9.